The van der Waals surface area contributed by atoms with Crippen LogP contribution in [0.3, 0.4) is 0 Å². The molecular weight excluding hydrogens is 204 g/mol. The van der Waals surface area contributed by atoms with E-state index in [1.54, 1.807) is 6.20 Å². The largest absolute Gasteiger partial charge is 0.291 e. The third-order valence-corrected chi connectivity index (χ3v) is 2.70. The van der Waals surface area contributed by atoms with Crippen LogP contribution in [-0.4, -0.2) is 19.6 Å². The van der Waals surface area contributed by atoms with Crippen LogP contribution in [0.15, 0.2) is 30.6 Å². The van der Waals surface area contributed by atoms with Crippen LogP contribution in [0.4, 0.5) is 5.69 Å². The summed E-state index contributed by atoms with van der Waals surface area (Å²) in [4.78, 5) is 8.75. The summed E-state index contributed by atoms with van der Waals surface area (Å²) in [5, 5.41) is 8.93. The highest BCUT2D eigenvalue weighted by atomic mass is 16.5. The van der Waals surface area contributed by atoms with E-state index in [4.69, 9.17) is 5.21 Å². The zero-order valence-electron chi connectivity index (χ0n) is 8.68. The minimum atomic E-state index is 0.580. The molecule has 2 N–H and O–H groups in total. The summed E-state index contributed by atoms with van der Waals surface area (Å²) in [6.45, 7) is 1.90. The van der Waals surface area contributed by atoms with Crippen LogP contribution in [0.2, 0.25) is 0 Å². The van der Waals surface area contributed by atoms with Gasteiger partial charge >= 0.3 is 0 Å². The number of pyridine rings is 2. The molecule has 0 aliphatic rings. The van der Waals surface area contributed by atoms with Gasteiger partial charge in [-0.2, -0.15) is 0 Å². The number of aryl methyl sites for hydroxylation is 1. The number of anilines is 1. The molecule has 3 aromatic heterocycles. The minimum absolute atomic E-state index is 0.580. The molecular formula is C11H10N4O. The third kappa shape index (κ3) is 1.09. The van der Waals surface area contributed by atoms with Crippen LogP contribution in [0.25, 0.3) is 16.8 Å². The maximum absolute atomic E-state index is 8.93. The van der Waals surface area contributed by atoms with Crippen LogP contribution in [-0.2, 0) is 0 Å². The van der Waals surface area contributed by atoms with Crippen molar-refractivity contribution in [2.75, 3.05) is 5.48 Å². The predicted octanol–water partition coefficient (Wildman–Crippen LogP) is 1.99. The van der Waals surface area contributed by atoms with E-state index in [1.807, 2.05) is 35.7 Å². The molecule has 0 spiro atoms. The molecule has 0 aliphatic carbocycles. The molecule has 5 heteroatoms. The van der Waals surface area contributed by atoms with Crippen molar-refractivity contribution in [3.8, 4) is 0 Å². The van der Waals surface area contributed by atoms with Gasteiger partial charge in [0, 0.05) is 11.8 Å². The summed E-state index contributed by atoms with van der Waals surface area (Å²) in [6, 6.07) is 5.79. The van der Waals surface area contributed by atoms with Gasteiger partial charge in [-0.25, -0.2) is 9.97 Å². The van der Waals surface area contributed by atoms with Crippen molar-refractivity contribution < 1.29 is 5.21 Å². The first kappa shape index (κ1) is 9.11. The SMILES string of the molecule is Cc1c(NO)cnc2c1nc1ccccn12. The van der Waals surface area contributed by atoms with Gasteiger partial charge in [-0.3, -0.25) is 15.1 Å². The van der Waals surface area contributed by atoms with E-state index < -0.39 is 0 Å². The number of fused-ring (bicyclic) bond motifs is 3. The third-order valence-electron chi connectivity index (χ3n) is 2.70. The Labute approximate surface area is 91.3 Å². The lowest BCUT2D eigenvalue weighted by Crippen LogP contribution is -1.95. The van der Waals surface area contributed by atoms with Gasteiger partial charge in [0.1, 0.15) is 11.2 Å². The topological polar surface area (TPSA) is 62.5 Å². The lowest BCUT2D eigenvalue weighted by molar-refractivity contribution is 0.388. The van der Waals surface area contributed by atoms with E-state index in [-0.39, 0.29) is 0 Å². The highest BCUT2D eigenvalue weighted by Crippen LogP contribution is 2.23. The molecule has 5 nitrogen and oxygen atoms in total. The second kappa shape index (κ2) is 3.18. The van der Waals surface area contributed by atoms with Crippen molar-refractivity contribution >= 4 is 22.5 Å². The van der Waals surface area contributed by atoms with Crippen molar-refractivity contribution in [1.82, 2.24) is 14.4 Å². The molecule has 0 unspecified atom stereocenters. The zero-order chi connectivity index (χ0) is 11.1. The van der Waals surface area contributed by atoms with E-state index in [9.17, 15) is 0 Å². The Morgan fingerprint density at radius 1 is 1.38 bits per heavy atom. The molecule has 3 rings (SSSR count). The molecule has 0 fully saturated rings. The van der Waals surface area contributed by atoms with Gasteiger partial charge < -0.3 is 0 Å². The molecule has 3 heterocycles. The van der Waals surface area contributed by atoms with E-state index in [1.165, 1.54) is 0 Å². The first-order chi connectivity index (χ1) is 7.81. The molecule has 0 bridgehead atoms. The fraction of sp³-hybridized carbons (Fsp3) is 0.0909. The fourth-order valence-electron chi connectivity index (χ4n) is 1.82. The number of hydrogen-bond donors (Lipinski definition) is 2. The predicted molar refractivity (Wildman–Crippen MR) is 60.6 cm³/mol. The Balaban J connectivity index is 2.49. The lowest BCUT2D eigenvalue weighted by Gasteiger charge is -2.02. The Bertz CT molecular complexity index is 674. The van der Waals surface area contributed by atoms with Gasteiger partial charge in [-0.1, -0.05) is 6.07 Å². The Morgan fingerprint density at radius 3 is 3.06 bits per heavy atom. The Morgan fingerprint density at radius 2 is 2.25 bits per heavy atom. The average Bonchev–Trinajstić information content (AvgIpc) is 2.69. The lowest BCUT2D eigenvalue weighted by atomic mass is 10.2. The summed E-state index contributed by atoms with van der Waals surface area (Å²) in [7, 11) is 0. The summed E-state index contributed by atoms with van der Waals surface area (Å²) >= 11 is 0. The minimum Gasteiger partial charge on any atom is -0.291 e. The van der Waals surface area contributed by atoms with E-state index in [2.05, 4.69) is 15.4 Å². The number of nitrogens with zero attached hydrogens (tertiary/aromatic N) is 3. The maximum Gasteiger partial charge on any atom is 0.164 e. The quantitative estimate of drug-likeness (QED) is 0.608. The van der Waals surface area contributed by atoms with Crippen LogP contribution in [0.1, 0.15) is 5.56 Å². The Kier molecular flexibility index (Phi) is 1.81. The standard InChI is InChI=1S/C11H10N4O/c1-7-8(14-16)6-12-11-10(7)13-9-4-2-3-5-15(9)11/h2-6,14,16H,1H3. The number of imidazole rings is 1. The highest BCUT2D eigenvalue weighted by molar-refractivity contribution is 5.83. The number of hydrogen-bond acceptors (Lipinski definition) is 4. The summed E-state index contributed by atoms with van der Waals surface area (Å²) < 4.78 is 1.92. The molecule has 0 saturated carbocycles. The van der Waals surface area contributed by atoms with Gasteiger partial charge in [0.05, 0.1) is 11.9 Å². The normalized spacial score (nSPS) is 11.1. The van der Waals surface area contributed by atoms with Crippen molar-refractivity contribution in [3.05, 3.63) is 36.2 Å². The first-order valence-corrected chi connectivity index (χ1v) is 4.94. The van der Waals surface area contributed by atoms with Crippen molar-refractivity contribution in [3.63, 3.8) is 0 Å². The average molecular weight is 214 g/mol. The molecule has 0 atom stereocenters. The van der Waals surface area contributed by atoms with Crippen LogP contribution >= 0.6 is 0 Å². The summed E-state index contributed by atoms with van der Waals surface area (Å²) in [6.07, 6.45) is 3.52. The van der Waals surface area contributed by atoms with E-state index in [0.717, 1.165) is 22.4 Å². The molecule has 0 aliphatic heterocycles. The Hall–Kier alpha value is -2.14. The molecule has 80 valence electrons. The second-order valence-electron chi connectivity index (χ2n) is 3.62. The van der Waals surface area contributed by atoms with Gasteiger partial charge in [-0.05, 0) is 19.1 Å². The molecule has 0 aromatic carbocycles. The van der Waals surface area contributed by atoms with Crippen LogP contribution < -0.4 is 5.48 Å². The number of rotatable bonds is 1. The van der Waals surface area contributed by atoms with Crippen molar-refractivity contribution in [2.45, 2.75) is 6.92 Å². The molecule has 0 radical (unpaired) electrons. The van der Waals surface area contributed by atoms with Crippen molar-refractivity contribution in [2.24, 2.45) is 0 Å². The highest BCUT2D eigenvalue weighted by Gasteiger charge is 2.10. The van der Waals surface area contributed by atoms with Crippen LogP contribution in [0, 0.1) is 6.92 Å². The number of nitrogens with one attached hydrogen (secondary N) is 1. The molecule has 0 saturated heterocycles. The smallest absolute Gasteiger partial charge is 0.164 e. The zero-order valence-corrected chi connectivity index (χ0v) is 8.68. The fourth-order valence-corrected chi connectivity index (χ4v) is 1.82. The van der Waals surface area contributed by atoms with Crippen LogP contribution in [0.5, 0.6) is 0 Å². The van der Waals surface area contributed by atoms with Gasteiger partial charge in [0.2, 0.25) is 0 Å². The number of aromatic nitrogens is 3. The van der Waals surface area contributed by atoms with E-state index in [0.29, 0.717) is 5.69 Å². The van der Waals surface area contributed by atoms with Gasteiger partial charge in [0.25, 0.3) is 0 Å². The second-order valence-corrected chi connectivity index (χ2v) is 3.62. The van der Waals surface area contributed by atoms with Gasteiger partial charge in [0.15, 0.2) is 5.65 Å². The summed E-state index contributed by atoms with van der Waals surface area (Å²) in [5.41, 5.74) is 6.03. The maximum atomic E-state index is 8.93. The molecule has 0 amide bonds. The van der Waals surface area contributed by atoms with E-state index >= 15 is 0 Å². The molecule has 16 heavy (non-hydrogen) atoms. The molecule has 3 aromatic rings. The summed E-state index contributed by atoms with van der Waals surface area (Å²) in [5.74, 6) is 0. The monoisotopic (exact) mass is 214 g/mol. The van der Waals surface area contributed by atoms with Crippen molar-refractivity contribution in [1.29, 1.82) is 0 Å². The van der Waals surface area contributed by atoms with Gasteiger partial charge in [-0.15, -0.1) is 0 Å². The first-order valence-electron chi connectivity index (χ1n) is 4.94.